The Morgan fingerprint density at radius 2 is 1.06 bits per heavy atom. The number of Topliss-reactive ketones (excluding diaryl/α,β-unsaturated/α-hetero) is 2. The zero-order chi connectivity index (χ0) is 14.0. The van der Waals surface area contributed by atoms with Gasteiger partial charge in [-0.25, -0.2) is 8.78 Å². The number of nitrogens with one attached hydrogen (secondary N) is 2. The lowest BCUT2D eigenvalue weighted by molar-refractivity contribution is -0.119. The Hall–Kier alpha value is -1.72. The van der Waals surface area contributed by atoms with Gasteiger partial charge in [-0.1, -0.05) is 0 Å². The molecule has 0 unspecified atom stereocenters. The number of ketones is 2. The Balaban J connectivity index is 3.15. The van der Waals surface area contributed by atoms with E-state index in [0.717, 1.165) is 0 Å². The van der Waals surface area contributed by atoms with Crippen molar-refractivity contribution in [2.75, 3.05) is 0 Å². The third kappa shape index (κ3) is 2.75. The van der Waals surface area contributed by atoms with Crippen LogP contribution < -0.4 is 10.6 Å². The lowest BCUT2D eigenvalue weighted by atomic mass is 10.0. The summed E-state index contributed by atoms with van der Waals surface area (Å²) in [4.78, 5) is 23.2. The summed E-state index contributed by atoms with van der Waals surface area (Å²) in [5.41, 5.74) is -1.22. The number of hydrogen-bond donors (Lipinski definition) is 2. The van der Waals surface area contributed by atoms with Gasteiger partial charge in [0.05, 0.1) is 0 Å². The van der Waals surface area contributed by atoms with E-state index in [1.54, 1.807) is 27.7 Å². The molecule has 2 N–H and O–H groups in total. The van der Waals surface area contributed by atoms with E-state index in [-0.39, 0.29) is 12.1 Å². The van der Waals surface area contributed by atoms with Crippen LogP contribution in [0.1, 0.15) is 27.7 Å². The molecule has 100 valence electrons. The van der Waals surface area contributed by atoms with Crippen LogP contribution in [0.25, 0.3) is 0 Å². The number of hydrogen-bond acceptors (Lipinski definition) is 4. The third-order valence-corrected chi connectivity index (χ3v) is 2.16. The summed E-state index contributed by atoms with van der Waals surface area (Å²) in [5, 5.41) is 4.90. The van der Waals surface area contributed by atoms with Crippen LogP contribution >= 0.6 is 0 Å². The van der Waals surface area contributed by atoms with Gasteiger partial charge in [0, 0.05) is 12.1 Å². The molecule has 0 heterocycles. The van der Waals surface area contributed by atoms with E-state index >= 15 is 0 Å². The third-order valence-electron chi connectivity index (χ3n) is 2.16. The zero-order valence-corrected chi connectivity index (χ0v) is 10.7. The molecule has 0 saturated heterocycles. The van der Waals surface area contributed by atoms with E-state index in [2.05, 4.69) is 10.6 Å². The van der Waals surface area contributed by atoms with Crippen molar-refractivity contribution in [2.45, 2.75) is 39.8 Å². The highest BCUT2D eigenvalue weighted by molar-refractivity contribution is 6.22. The van der Waals surface area contributed by atoms with Gasteiger partial charge in [0.1, 0.15) is 11.4 Å². The standard InChI is InChI=1S/C12H16F2N2O2/c1-5(2)15-9-7(13)12(18)10(16-6(3)4)8(14)11(9)17/h5-6,15-16H,1-4H3. The second kappa shape index (κ2) is 5.29. The van der Waals surface area contributed by atoms with Gasteiger partial charge in [0.25, 0.3) is 0 Å². The molecule has 0 spiro atoms. The zero-order valence-electron chi connectivity index (χ0n) is 10.7. The maximum atomic E-state index is 13.7. The first-order chi connectivity index (χ1) is 8.25. The normalized spacial score (nSPS) is 17.1. The Morgan fingerprint density at radius 1 is 0.778 bits per heavy atom. The molecule has 18 heavy (non-hydrogen) atoms. The smallest absolute Gasteiger partial charge is 0.242 e. The molecule has 0 saturated carbocycles. The van der Waals surface area contributed by atoms with Gasteiger partial charge in [-0.05, 0) is 27.7 Å². The number of allylic oxidation sites excluding steroid dienone is 2. The molecule has 1 aliphatic carbocycles. The minimum absolute atomic E-state index is 0.282. The van der Waals surface area contributed by atoms with Crippen molar-refractivity contribution in [2.24, 2.45) is 0 Å². The molecule has 0 fully saturated rings. The van der Waals surface area contributed by atoms with Gasteiger partial charge in [-0.2, -0.15) is 0 Å². The van der Waals surface area contributed by atoms with Gasteiger partial charge < -0.3 is 10.6 Å². The molecule has 1 rings (SSSR count). The first-order valence-corrected chi connectivity index (χ1v) is 5.67. The average molecular weight is 258 g/mol. The molecule has 0 atom stereocenters. The van der Waals surface area contributed by atoms with Crippen molar-refractivity contribution >= 4 is 11.6 Å². The van der Waals surface area contributed by atoms with Crippen molar-refractivity contribution < 1.29 is 18.4 Å². The molecule has 0 aromatic heterocycles. The van der Waals surface area contributed by atoms with Crippen LogP contribution in [0.2, 0.25) is 0 Å². The summed E-state index contributed by atoms with van der Waals surface area (Å²) >= 11 is 0. The van der Waals surface area contributed by atoms with Gasteiger partial charge in [0.2, 0.25) is 11.6 Å². The largest absolute Gasteiger partial charge is 0.377 e. The highest BCUT2D eigenvalue weighted by Crippen LogP contribution is 2.24. The van der Waals surface area contributed by atoms with Gasteiger partial charge in [-0.3, -0.25) is 9.59 Å². The maximum absolute atomic E-state index is 13.7. The summed E-state index contributed by atoms with van der Waals surface area (Å²) in [7, 11) is 0. The molecule has 6 heteroatoms. The molecule has 0 aromatic carbocycles. The fourth-order valence-corrected chi connectivity index (χ4v) is 1.48. The van der Waals surface area contributed by atoms with Crippen LogP contribution in [0.5, 0.6) is 0 Å². The molecule has 1 aliphatic rings. The SMILES string of the molecule is CC(C)NC1=C(F)C(=O)C(NC(C)C)=C(F)C1=O. The quantitative estimate of drug-likeness (QED) is 0.750. The van der Waals surface area contributed by atoms with Crippen molar-refractivity contribution in [3.8, 4) is 0 Å². The minimum Gasteiger partial charge on any atom is -0.377 e. The van der Waals surface area contributed by atoms with E-state index < -0.39 is 34.6 Å². The van der Waals surface area contributed by atoms with E-state index in [9.17, 15) is 18.4 Å². The van der Waals surface area contributed by atoms with E-state index in [1.165, 1.54) is 0 Å². The topological polar surface area (TPSA) is 58.2 Å². The summed E-state index contributed by atoms with van der Waals surface area (Å²) in [6.07, 6.45) is 0. The first kappa shape index (κ1) is 14.3. The van der Waals surface area contributed by atoms with Crippen LogP contribution in [0, 0.1) is 0 Å². The van der Waals surface area contributed by atoms with Crippen LogP contribution in [0.15, 0.2) is 23.0 Å². The molecular formula is C12H16F2N2O2. The van der Waals surface area contributed by atoms with Crippen LogP contribution in [0.3, 0.4) is 0 Å². The Bertz CT molecular complexity index is 409. The fraction of sp³-hybridized carbons (Fsp3) is 0.500. The lowest BCUT2D eigenvalue weighted by Crippen LogP contribution is -2.38. The number of carbonyl (C=O) groups excluding carboxylic acids is 2. The fourth-order valence-electron chi connectivity index (χ4n) is 1.48. The summed E-state index contributed by atoms with van der Waals surface area (Å²) in [6.45, 7) is 6.62. The van der Waals surface area contributed by atoms with Gasteiger partial charge >= 0.3 is 0 Å². The van der Waals surface area contributed by atoms with Crippen molar-refractivity contribution in [1.82, 2.24) is 10.6 Å². The summed E-state index contributed by atoms with van der Waals surface area (Å²) in [6, 6.07) is -0.565. The Kier molecular flexibility index (Phi) is 4.21. The van der Waals surface area contributed by atoms with E-state index in [0.29, 0.717) is 0 Å². The van der Waals surface area contributed by atoms with Gasteiger partial charge in [-0.15, -0.1) is 0 Å². The molecule has 0 amide bonds. The van der Waals surface area contributed by atoms with Crippen molar-refractivity contribution in [3.05, 3.63) is 23.0 Å². The highest BCUT2D eigenvalue weighted by Gasteiger charge is 2.36. The minimum atomic E-state index is -1.25. The second-order valence-electron chi connectivity index (χ2n) is 4.63. The summed E-state index contributed by atoms with van der Waals surface area (Å²) in [5.74, 6) is -4.77. The Morgan fingerprint density at radius 3 is 1.28 bits per heavy atom. The number of carbonyl (C=O) groups is 2. The average Bonchev–Trinajstić information content (AvgIpc) is 2.27. The Labute approximate surface area is 104 Å². The number of halogens is 2. The molecule has 0 aromatic rings. The lowest BCUT2D eigenvalue weighted by Gasteiger charge is -2.21. The molecule has 0 bridgehead atoms. The van der Waals surface area contributed by atoms with Crippen molar-refractivity contribution in [1.29, 1.82) is 0 Å². The van der Waals surface area contributed by atoms with Crippen LogP contribution in [0.4, 0.5) is 8.78 Å². The molecule has 0 radical (unpaired) electrons. The first-order valence-electron chi connectivity index (χ1n) is 5.67. The number of rotatable bonds is 4. The van der Waals surface area contributed by atoms with Crippen LogP contribution in [-0.2, 0) is 9.59 Å². The molecular weight excluding hydrogens is 242 g/mol. The van der Waals surface area contributed by atoms with E-state index in [4.69, 9.17) is 0 Å². The van der Waals surface area contributed by atoms with Crippen LogP contribution in [-0.4, -0.2) is 23.7 Å². The van der Waals surface area contributed by atoms with Gasteiger partial charge in [0.15, 0.2) is 11.7 Å². The van der Waals surface area contributed by atoms with Crippen molar-refractivity contribution in [3.63, 3.8) is 0 Å². The monoisotopic (exact) mass is 258 g/mol. The predicted molar refractivity (Wildman–Crippen MR) is 62.8 cm³/mol. The molecule has 4 nitrogen and oxygen atoms in total. The highest BCUT2D eigenvalue weighted by atomic mass is 19.1. The molecule has 0 aliphatic heterocycles. The second-order valence-corrected chi connectivity index (χ2v) is 4.63. The summed E-state index contributed by atoms with van der Waals surface area (Å²) < 4.78 is 27.5. The van der Waals surface area contributed by atoms with E-state index in [1.807, 2.05) is 0 Å². The predicted octanol–water partition coefficient (Wildman–Crippen LogP) is 1.50. The maximum Gasteiger partial charge on any atom is 0.242 e.